The molecule has 0 heterocycles. The molecule has 108 valence electrons. The van der Waals surface area contributed by atoms with Crippen LogP contribution in [0.5, 0.6) is 0 Å². The Labute approximate surface area is 125 Å². The number of thioether (sulfide) groups is 1. The maximum Gasteiger partial charge on any atom is 0.250 e. The van der Waals surface area contributed by atoms with Crippen LogP contribution in [0.4, 0.5) is 8.78 Å². The minimum Gasteiger partial charge on any atom is -0.272 e. The molecule has 0 saturated heterocycles. The molecule has 2 aromatic rings. The number of benzene rings is 2. The van der Waals surface area contributed by atoms with Gasteiger partial charge in [0.25, 0.3) is 0 Å². The molecule has 0 atom stereocenters. The Morgan fingerprint density at radius 3 is 2.48 bits per heavy atom. The molecule has 0 spiro atoms. The van der Waals surface area contributed by atoms with E-state index in [1.165, 1.54) is 18.3 Å². The van der Waals surface area contributed by atoms with Gasteiger partial charge >= 0.3 is 0 Å². The van der Waals surface area contributed by atoms with E-state index in [0.717, 1.165) is 11.8 Å². The Balaban J connectivity index is 1.83. The molecular formula is C15H12F2N2OS. The number of amides is 1. The van der Waals surface area contributed by atoms with Crippen molar-refractivity contribution in [1.29, 1.82) is 0 Å². The average Bonchev–Trinajstić information content (AvgIpc) is 2.48. The molecule has 1 N–H and O–H groups in total. The number of carbonyl (C=O) groups is 1. The van der Waals surface area contributed by atoms with Gasteiger partial charge in [-0.25, -0.2) is 14.2 Å². The maximum atomic E-state index is 13.3. The summed E-state index contributed by atoms with van der Waals surface area (Å²) in [6.07, 6.45) is 1.22. The van der Waals surface area contributed by atoms with E-state index < -0.39 is 11.7 Å². The molecular weight excluding hydrogens is 294 g/mol. The third-order valence-corrected chi connectivity index (χ3v) is 3.54. The fourth-order valence-electron chi connectivity index (χ4n) is 1.49. The van der Waals surface area contributed by atoms with Crippen LogP contribution in [0.15, 0.2) is 58.5 Å². The first-order valence-corrected chi connectivity index (χ1v) is 7.09. The lowest BCUT2D eigenvalue weighted by Crippen LogP contribution is -2.19. The number of carbonyl (C=O) groups excluding carboxylic acids is 1. The molecule has 0 saturated carbocycles. The number of hydrogen-bond acceptors (Lipinski definition) is 3. The highest BCUT2D eigenvalue weighted by Gasteiger charge is 2.05. The van der Waals surface area contributed by atoms with Crippen LogP contribution in [-0.2, 0) is 4.79 Å². The Morgan fingerprint density at radius 2 is 1.76 bits per heavy atom. The quantitative estimate of drug-likeness (QED) is 0.523. The molecule has 0 unspecified atom stereocenters. The fraction of sp³-hybridized carbons (Fsp3) is 0.0667. The zero-order chi connectivity index (χ0) is 15.1. The molecule has 0 fully saturated rings. The zero-order valence-electron chi connectivity index (χ0n) is 10.9. The van der Waals surface area contributed by atoms with Crippen molar-refractivity contribution < 1.29 is 13.6 Å². The molecule has 0 aliphatic rings. The van der Waals surface area contributed by atoms with Crippen LogP contribution < -0.4 is 5.43 Å². The van der Waals surface area contributed by atoms with Crippen LogP contribution in [0, 0.1) is 11.6 Å². The first-order chi connectivity index (χ1) is 10.2. The molecule has 0 aliphatic heterocycles. The van der Waals surface area contributed by atoms with E-state index in [-0.39, 0.29) is 17.1 Å². The minimum atomic E-state index is -0.420. The lowest BCUT2D eigenvalue weighted by Gasteiger charge is -2.02. The normalized spacial score (nSPS) is 10.8. The van der Waals surface area contributed by atoms with E-state index >= 15 is 0 Å². The van der Waals surface area contributed by atoms with Gasteiger partial charge in [0.15, 0.2) is 0 Å². The fourth-order valence-corrected chi connectivity index (χ4v) is 2.22. The minimum absolute atomic E-state index is 0.0234. The first kappa shape index (κ1) is 15.2. The smallest absolute Gasteiger partial charge is 0.250 e. The summed E-state index contributed by atoms with van der Waals surface area (Å²) in [6, 6.07) is 12.3. The van der Waals surface area contributed by atoms with E-state index in [1.807, 2.05) is 0 Å². The predicted molar refractivity (Wildman–Crippen MR) is 79.3 cm³/mol. The molecule has 21 heavy (non-hydrogen) atoms. The number of halogens is 2. The van der Waals surface area contributed by atoms with Crippen LogP contribution >= 0.6 is 11.8 Å². The van der Waals surface area contributed by atoms with Gasteiger partial charge in [-0.3, -0.25) is 4.79 Å². The Kier molecular flexibility index (Phi) is 5.45. The van der Waals surface area contributed by atoms with E-state index in [2.05, 4.69) is 10.5 Å². The summed E-state index contributed by atoms with van der Waals surface area (Å²) in [4.78, 5) is 11.9. The molecule has 2 aromatic carbocycles. The summed E-state index contributed by atoms with van der Waals surface area (Å²) >= 11 is 1.07. The molecule has 0 aliphatic carbocycles. The highest BCUT2D eigenvalue weighted by Crippen LogP contribution is 2.20. The van der Waals surface area contributed by atoms with Gasteiger partial charge in [-0.1, -0.05) is 30.3 Å². The maximum absolute atomic E-state index is 13.3. The molecule has 0 bridgehead atoms. The van der Waals surface area contributed by atoms with E-state index in [9.17, 15) is 13.6 Å². The van der Waals surface area contributed by atoms with Gasteiger partial charge < -0.3 is 0 Å². The van der Waals surface area contributed by atoms with Crippen molar-refractivity contribution in [1.82, 2.24) is 5.43 Å². The van der Waals surface area contributed by atoms with Crippen LogP contribution in [0.2, 0.25) is 0 Å². The van der Waals surface area contributed by atoms with E-state index in [1.54, 1.807) is 36.4 Å². The second-order valence-corrected chi connectivity index (χ2v) is 5.05. The standard InChI is InChI=1S/C15H12F2N2OS/c16-12-6-2-1-5-11(12)9-18-19-15(20)10-21-14-8-4-3-7-13(14)17/h1-9H,10H2,(H,19,20)/b18-9-. The van der Waals surface area contributed by atoms with Crippen molar-refractivity contribution >= 4 is 23.9 Å². The molecule has 0 aromatic heterocycles. The lowest BCUT2D eigenvalue weighted by atomic mass is 10.2. The van der Waals surface area contributed by atoms with Crippen molar-refractivity contribution in [3.63, 3.8) is 0 Å². The molecule has 0 radical (unpaired) electrons. The number of rotatable bonds is 5. The number of hydrogen-bond donors (Lipinski definition) is 1. The second kappa shape index (κ2) is 7.54. The first-order valence-electron chi connectivity index (χ1n) is 6.10. The van der Waals surface area contributed by atoms with Gasteiger partial charge in [-0.15, -0.1) is 11.8 Å². The van der Waals surface area contributed by atoms with Gasteiger partial charge in [0.05, 0.1) is 12.0 Å². The van der Waals surface area contributed by atoms with Crippen molar-refractivity contribution in [3.05, 3.63) is 65.7 Å². The summed E-state index contributed by atoms with van der Waals surface area (Å²) in [5.74, 6) is -1.16. The molecule has 3 nitrogen and oxygen atoms in total. The summed E-state index contributed by atoms with van der Waals surface area (Å²) in [7, 11) is 0. The number of nitrogens with zero attached hydrogens (tertiary/aromatic N) is 1. The largest absolute Gasteiger partial charge is 0.272 e. The third kappa shape index (κ3) is 4.68. The second-order valence-electron chi connectivity index (χ2n) is 4.03. The van der Waals surface area contributed by atoms with Crippen molar-refractivity contribution in [2.45, 2.75) is 4.90 Å². The number of hydrazone groups is 1. The predicted octanol–water partition coefficient (Wildman–Crippen LogP) is 3.21. The van der Waals surface area contributed by atoms with Gasteiger partial charge in [0.2, 0.25) is 5.91 Å². The summed E-state index contributed by atoms with van der Waals surface area (Å²) in [6.45, 7) is 0. The van der Waals surface area contributed by atoms with Gasteiger partial charge in [-0.2, -0.15) is 5.10 Å². The monoisotopic (exact) mass is 306 g/mol. The van der Waals surface area contributed by atoms with Gasteiger partial charge in [0, 0.05) is 10.5 Å². The van der Waals surface area contributed by atoms with Gasteiger partial charge in [0.1, 0.15) is 11.6 Å². The molecule has 1 amide bonds. The Hall–Kier alpha value is -2.21. The Morgan fingerprint density at radius 1 is 1.10 bits per heavy atom. The topological polar surface area (TPSA) is 41.5 Å². The highest BCUT2D eigenvalue weighted by atomic mass is 32.2. The SMILES string of the molecule is O=C(CSc1ccccc1F)N/N=C\c1ccccc1F. The summed E-state index contributed by atoms with van der Waals surface area (Å²) in [5, 5.41) is 3.67. The Bertz CT molecular complexity index is 662. The van der Waals surface area contributed by atoms with Gasteiger partial charge in [-0.05, 0) is 18.2 Å². The third-order valence-electron chi connectivity index (χ3n) is 2.49. The van der Waals surface area contributed by atoms with E-state index in [4.69, 9.17) is 0 Å². The van der Waals surface area contributed by atoms with Crippen LogP contribution in [0.25, 0.3) is 0 Å². The van der Waals surface area contributed by atoms with Crippen LogP contribution in [0.3, 0.4) is 0 Å². The summed E-state index contributed by atoms with van der Waals surface area (Å²) < 4.78 is 26.6. The lowest BCUT2D eigenvalue weighted by molar-refractivity contribution is -0.118. The van der Waals surface area contributed by atoms with Crippen molar-refractivity contribution in [3.8, 4) is 0 Å². The number of nitrogens with one attached hydrogen (secondary N) is 1. The molecule has 2 rings (SSSR count). The van der Waals surface area contributed by atoms with Crippen molar-refractivity contribution in [2.75, 3.05) is 5.75 Å². The average molecular weight is 306 g/mol. The summed E-state index contributed by atoms with van der Waals surface area (Å²) in [5.41, 5.74) is 2.55. The van der Waals surface area contributed by atoms with E-state index in [0.29, 0.717) is 4.90 Å². The highest BCUT2D eigenvalue weighted by molar-refractivity contribution is 8.00. The van der Waals surface area contributed by atoms with Crippen molar-refractivity contribution in [2.24, 2.45) is 5.10 Å². The molecule has 6 heteroatoms. The van der Waals surface area contributed by atoms with Crippen LogP contribution in [-0.4, -0.2) is 17.9 Å². The zero-order valence-corrected chi connectivity index (χ0v) is 11.7. The van der Waals surface area contributed by atoms with Crippen LogP contribution in [0.1, 0.15) is 5.56 Å².